The summed E-state index contributed by atoms with van der Waals surface area (Å²) in [4.78, 5) is 0. The van der Waals surface area contributed by atoms with Gasteiger partial charge in [-0.3, -0.25) is 0 Å². The first kappa shape index (κ1) is 58.2. The minimum atomic E-state index is -0.991. The minimum absolute atomic E-state index is 0. The van der Waals surface area contributed by atoms with Gasteiger partial charge in [0.2, 0.25) is 12.1 Å². The molecule has 3 aliphatic heterocycles. The van der Waals surface area contributed by atoms with Crippen molar-refractivity contribution in [3.8, 4) is 11.5 Å². The third-order valence-corrected chi connectivity index (χ3v) is 17.8. The first-order valence-corrected chi connectivity index (χ1v) is 30.2. The van der Waals surface area contributed by atoms with Gasteiger partial charge in [0.1, 0.15) is 0 Å². The Morgan fingerprint density at radius 1 is 0.457 bits per heavy atom. The maximum absolute atomic E-state index is 7.54. The monoisotopic (exact) mass is 969 g/mol. The van der Waals surface area contributed by atoms with Crippen molar-refractivity contribution in [1.82, 2.24) is 0 Å². The fourth-order valence-electron chi connectivity index (χ4n) is 13.6. The highest BCUT2D eigenvalue weighted by atomic mass is 16.7. The van der Waals surface area contributed by atoms with Gasteiger partial charge in [-0.25, -0.2) is 0 Å². The van der Waals surface area contributed by atoms with E-state index in [4.69, 9.17) is 9.47 Å². The molecule has 3 atom stereocenters. The Morgan fingerprint density at radius 3 is 1.07 bits per heavy atom. The third-order valence-electron chi connectivity index (χ3n) is 17.8. The average Bonchev–Trinajstić information content (AvgIpc) is 3.63. The van der Waals surface area contributed by atoms with Crippen LogP contribution >= 0.6 is 0 Å². The highest BCUT2D eigenvalue weighted by Gasteiger charge is 2.76. The molecule has 4 aliphatic rings. The summed E-state index contributed by atoms with van der Waals surface area (Å²) >= 11 is 0. The number of rotatable bonds is 34. The van der Waals surface area contributed by atoms with Gasteiger partial charge >= 0.3 is 6.03 Å². The number of hydrogen-bond acceptors (Lipinski definition) is 2. The molecule has 1 saturated heterocycles. The van der Waals surface area contributed by atoms with Crippen LogP contribution in [0.15, 0.2) is 24.3 Å². The van der Waals surface area contributed by atoms with Gasteiger partial charge in [-0.15, -0.1) is 0 Å². The first-order valence-electron chi connectivity index (χ1n) is 30.2. The molecule has 0 aromatic heterocycles. The Morgan fingerprint density at radius 2 is 0.757 bits per heavy atom. The van der Waals surface area contributed by atoms with Crippen LogP contribution in [0.1, 0.15) is 275 Å². The summed E-state index contributed by atoms with van der Waals surface area (Å²) < 4.78 is 22.8. The molecule has 3 unspecified atom stereocenters. The Bertz CT molecular complexity index is 1840. The van der Waals surface area contributed by atoms with Crippen molar-refractivity contribution in [2.45, 2.75) is 274 Å². The van der Waals surface area contributed by atoms with E-state index in [2.05, 4.69) is 115 Å². The molecule has 1 saturated carbocycles. The summed E-state index contributed by atoms with van der Waals surface area (Å²) in [5.74, 6) is 3.18. The van der Waals surface area contributed by atoms with Crippen LogP contribution in [-0.2, 0) is 0 Å². The molecule has 0 amide bonds. The molecule has 1 aliphatic carbocycles. The zero-order valence-electron chi connectivity index (χ0n) is 46.9. The van der Waals surface area contributed by atoms with Crippen LogP contribution in [0, 0.1) is 13.8 Å². The molecule has 0 N–H and O–H groups in total. The van der Waals surface area contributed by atoms with E-state index in [1.54, 1.807) is 5.56 Å². The van der Waals surface area contributed by atoms with E-state index in [9.17, 15) is 0 Å². The van der Waals surface area contributed by atoms with Gasteiger partial charge in [0.15, 0.2) is 23.9 Å². The second-order valence-electron chi connectivity index (χ2n) is 23.3. The molecule has 70 heavy (non-hydrogen) atoms. The Balaban J connectivity index is 0.00000913. The Labute approximate surface area is 433 Å². The zero-order chi connectivity index (χ0) is 49.3. The van der Waals surface area contributed by atoms with Crippen molar-refractivity contribution in [2.24, 2.45) is 0 Å². The van der Waals surface area contributed by atoms with Crippen LogP contribution in [0.2, 0.25) is 0 Å². The number of aryl methyl sites for hydroxylation is 2. The van der Waals surface area contributed by atoms with Crippen molar-refractivity contribution >= 4 is 12.4 Å². The first-order chi connectivity index (χ1) is 33.6. The lowest BCUT2D eigenvalue weighted by Gasteiger charge is -2.40. The van der Waals surface area contributed by atoms with Gasteiger partial charge in [-0.1, -0.05) is 148 Å². The molecule has 2 aromatic rings. The third kappa shape index (κ3) is 14.1. The fourth-order valence-corrected chi connectivity index (χ4v) is 13.6. The normalized spacial score (nSPS) is 19.4. The highest BCUT2D eigenvalue weighted by Crippen LogP contribution is 2.47. The molecule has 3 heterocycles. The van der Waals surface area contributed by atoms with Gasteiger partial charge in [0, 0.05) is 12.8 Å². The van der Waals surface area contributed by atoms with Crippen molar-refractivity contribution in [2.75, 3.05) is 52.4 Å². The van der Waals surface area contributed by atoms with Crippen molar-refractivity contribution in [3.05, 3.63) is 57.6 Å². The van der Waals surface area contributed by atoms with Gasteiger partial charge in [-0.2, -0.15) is 0 Å². The molecule has 6 rings (SSSR count). The molecule has 0 bridgehead atoms. The summed E-state index contributed by atoms with van der Waals surface area (Å²) in [6, 6.07) is 9.83. The van der Waals surface area contributed by atoms with E-state index in [0.29, 0.717) is 23.9 Å². The van der Waals surface area contributed by atoms with Crippen LogP contribution in [0.3, 0.4) is 0 Å². The van der Waals surface area contributed by atoms with Crippen molar-refractivity contribution < 1.29 is 27.6 Å². The molecule has 396 valence electrons. The zero-order valence-corrected chi connectivity index (χ0v) is 46.9. The lowest BCUT2D eigenvalue weighted by Crippen LogP contribution is -2.60. The maximum atomic E-state index is 7.54. The van der Waals surface area contributed by atoms with Gasteiger partial charge in [-0.05, 0) is 150 Å². The van der Waals surface area contributed by atoms with E-state index in [1.165, 1.54) is 256 Å². The number of ether oxygens (including phenoxy) is 2. The fraction of sp³-hybridized carbons (Fsp3) is 0.781. The standard InChI is InChI=1S/C63H108N4O2.CH4/c1-11-19-31-53(32-20-12-2)55-45-51(9)61-57(47-55)49-64-59-35-27-28-36-60(59)65-50-58-48-56(46-52(10)62(58)69-63(64,65)68-61)54(33-29-43-66(37-21-13-3,38-22-14-4)39-23-15-5)34-30-44-67(40-24-16-6,41-25-17-7)42-26-18-8;/h45-50,53-54,59-60H,11-44H2,1-10H3;1H4/q+4;. The number of quaternary nitrogens is 2. The minimum Gasteiger partial charge on any atom is -0.340 e. The van der Waals surface area contributed by atoms with Crippen LogP contribution in [0.25, 0.3) is 0 Å². The molecule has 2 fully saturated rings. The van der Waals surface area contributed by atoms with E-state index >= 15 is 0 Å². The quantitative estimate of drug-likeness (QED) is 0.0516. The number of unbranched alkanes of at least 4 members (excludes halogenated alkanes) is 8. The molecule has 2 aromatic carbocycles. The second-order valence-corrected chi connectivity index (χ2v) is 23.3. The lowest BCUT2D eigenvalue weighted by molar-refractivity contribution is -0.929. The lowest BCUT2D eigenvalue weighted by atomic mass is 9.87. The van der Waals surface area contributed by atoms with E-state index < -0.39 is 6.03 Å². The van der Waals surface area contributed by atoms with Crippen molar-refractivity contribution in [1.29, 1.82) is 0 Å². The van der Waals surface area contributed by atoms with Crippen molar-refractivity contribution in [3.63, 3.8) is 0 Å². The molecular weight excluding hydrogens is 857 g/mol. The largest absolute Gasteiger partial charge is 0.704 e. The highest BCUT2D eigenvalue weighted by molar-refractivity contribution is 5.84. The van der Waals surface area contributed by atoms with Gasteiger partial charge in [0.25, 0.3) is 0 Å². The summed E-state index contributed by atoms with van der Waals surface area (Å²) in [5.41, 5.74) is 8.06. The predicted octanol–water partition coefficient (Wildman–Crippen LogP) is 16.8. The summed E-state index contributed by atoms with van der Waals surface area (Å²) in [6.07, 6.45) is 38.6. The molecule has 6 nitrogen and oxygen atoms in total. The topological polar surface area (TPSA) is 24.5 Å². The molecular formula is C64H112N4O2+4. The van der Waals surface area contributed by atoms with Crippen LogP contribution in [0.4, 0.5) is 0 Å². The number of benzene rings is 2. The van der Waals surface area contributed by atoms with Gasteiger partial charge in [0.05, 0.1) is 63.5 Å². The van der Waals surface area contributed by atoms with E-state index in [1.807, 2.05) is 0 Å². The summed E-state index contributed by atoms with van der Waals surface area (Å²) in [5, 5.41) is 0. The maximum Gasteiger partial charge on any atom is 0.704 e. The van der Waals surface area contributed by atoms with Gasteiger partial charge < -0.3 is 18.4 Å². The second kappa shape index (κ2) is 28.7. The van der Waals surface area contributed by atoms with E-state index in [-0.39, 0.29) is 7.43 Å². The Kier molecular flexibility index (Phi) is 23.8. The predicted molar refractivity (Wildman–Crippen MR) is 302 cm³/mol. The smallest absolute Gasteiger partial charge is 0.340 e. The SMILES string of the molecule is C.CCCCC(CCCC)c1cc(C)c2c(c1)C=[N+]1C3CCCCC3[N+]3=Cc4cc(C(CCC[N+](CCCC)(CCCC)CCCC)CCC[N+](CCCC)(CCCC)CCCC)cc(C)c4OC13O2. The number of fused-ring (bicyclic) bond motifs is 5. The van der Waals surface area contributed by atoms with Crippen LogP contribution in [-0.4, -0.2) is 101 Å². The number of hydrogen-bond donors (Lipinski definition) is 0. The molecule has 6 heteroatoms. The average molecular weight is 970 g/mol. The van der Waals surface area contributed by atoms with Crippen LogP contribution in [0.5, 0.6) is 11.5 Å². The summed E-state index contributed by atoms with van der Waals surface area (Å²) in [7, 11) is 0. The Hall–Kier alpha value is -2.70. The summed E-state index contributed by atoms with van der Waals surface area (Å²) in [6.45, 7) is 34.5. The van der Waals surface area contributed by atoms with Crippen LogP contribution < -0.4 is 9.47 Å². The van der Waals surface area contributed by atoms with E-state index in [0.717, 1.165) is 11.5 Å². The molecule has 1 spiro atoms. The molecule has 0 radical (unpaired) electrons. The number of nitrogens with zero attached hydrogens (tertiary/aromatic N) is 4.